The van der Waals surface area contributed by atoms with Gasteiger partial charge in [0.15, 0.2) is 5.13 Å². The molecule has 0 aliphatic carbocycles. The highest BCUT2D eigenvalue weighted by atomic mass is 32.1. The molecule has 2 aliphatic heterocycles. The molecule has 0 saturated heterocycles. The number of hydrogen-bond donors (Lipinski definition) is 0. The number of benzene rings is 6. The van der Waals surface area contributed by atoms with E-state index >= 15 is 0 Å². The standard InChI is InChI=1S/C60H69BN4S/c1-38-29-50-52-51(30-38)65(47-35-42(59(11,12)13)32-43(36-47)60(14,15)16)54-53(62-55(66-54)63(44-23-19-17-20-24-44)45-25-21-18-22-26-45)61(52)48-37-39(56(2,3)4)27-28-49(48)64(50)46-33-40(57(5,6)7)31-41(34-46)58(8,9)10/h17-37H,1-16H3. The largest absolute Gasteiger partial charge is 0.311 e. The Bertz CT molecular complexity index is 2860. The molecule has 3 heterocycles. The number of para-hydroxylation sites is 2. The maximum absolute atomic E-state index is 5.94. The van der Waals surface area contributed by atoms with Crippen LogP contribution in [0.5, 0.6) is 0 Å². The van der Waals surface area contributed by atoms with E-state index in [4.69, 9.17) is 4.98 Å². The van der Waals surface area contributed by atoms with Gasteiger partial charge in [-0.05, 0) is 145 Å². The summed E-state index contributed by atoms with van der Waals surface area (Å²) >= 11 is 1.80. The highest BCUT2D eigenvalue weighted by Gasteiger charge is 2.47. The minimum atomic E-state index is -0.116. The van der Waals surface area contributed by atoms with Gasteiger partial charge in [-0.15, -0.1) is 0 Å². The van der Waals surface area contributed by atoms with E-state index in [9.17, 15) is 0 Å². The fourth-order valence-electron chi connectivity index (χ4n) is 9.59. The Kier molecular flexibility index (Phi) is 10.9. The molecule has 9 rings (SSSR count). The van der Waals surface area contributed by atoms with Gasteiger partial charge in [0.05, 0.1) is 5.59 Å². The molecule has 66 heavy (non-hydrogen) atoms. The Morgan fingerprint density at radius 1 is 0.455 bits per heavy atom. The van der Waals surface area contributed by atoms with Gasteiger partial charge in [-0.2, -0.15) is 0 Å². The summed E-state index contributed by atoms with van der Waals surface area (Å²) in [4.78, 5) is 13.5. The van der Waals surface area contributed by atoms with Crippen LogP contribution in [0.1, 0.15) is 137 Å². The number of anilines is 9. The predicted octanol–water partition coefficient (Wildman–Crippen LogP) is 15.5. The highest BCUT2D eigenvalue weighted by Crippen LogP contribution is 2.50. The van der Waals surface area contributed by atoms with Crippen LogP contribution in [0.3, 0.4) is 0 Å². The molecule has 0 fully saturated rings. The molecule has 1 aromatic heterocycles. The average molecular weight is 889 g/mol. The zero-order valence-electron chi connectivity index (χ0n) is 42.4. The summed E-state index contributed by atoms with van der Waals surface area (Å²) in [5.41, 5.74) is 19.4. The molecule has 6 aromatic carbocycles. The smallest absolute Gasteiger partial charge is 0.276 e. The monoisotopic (exact) mass is 889 g/mol. The molecule has 0 atom stereocenters. The average Bonchev–Trinajstić information content (AvgIpc) is 3.66. The van der Waals surface area contributed by atoms with Crippen LogP contribution in [-0.2, 0) is 27.1 Å². The Balaban J connectivity index is 1.42. The van der Waals surface area contributed by atoms with E-state index in [-0.39, 0.29) is 33.8 Å². The molecule has 7 aromatic rings. The molecule has 4 nitrogen and oxygen atoms in total. The van der Waals surface area contributed by atoms with Crippen LogP contribution in [0, 0.1) is 6.92 Å². The van der Waals surface area contributed by atoms with Crippen molar-refractivity contribution in [3.05, 3.63) is 161 Å². The molecule has 0 spiro atoms. The van der Waals surface area contributed by atoms with Gasteiger partial charge in [0, 0.05) is 39.8 Å². The van der Waals surface area contributed by atoms with Crippen molar-refractivity contribution in [2.45, 2.75) is 138 Å². The number of hydrogen-bond acceptors (Lipinski definition) is 5. The summed E-state index contributed by atoms with van der Waals surface area (Å²) in [5, 5.41) is 2.10. The quantitative estimate of drug-likeness (QED) is 0.161. The van der Waals surface area contributed by atoms with E-state index < -0.39 is 0 Å². The summed E-state index contributed by atoms with van der Waals surface area (Å²) in [7, 11) is 0. The molecule has 0 saturated carbocycles. The van der Waals surface area contributed by atoms with Gasteiger partial charge >= 0.3 is 0 Å². The number of thiazole rings is 1. The Hall–Kier alpha value is -5.59. The van der Waals surface area contributed by atoms with Crippen molar-refractivity contribution >= 4 is 84.5 Å². The lowest BCUT2D eigenvalue weighted by Crippen LogP contribution is -2.62. The summed E-state index contributed by atoms with van der Waals surface area (Å²) in [5.74, 6) is 0. The zero-order valence-corrected chi connectivity index (χ0v) is 43.2. The number of nitrogens with zero attached hydrogens (tertiary/aromatic N) is 4. The van der Waals surface area contributed by atoms with Crippen molar-refractivity contribution in [1.29, 1.82) is 0 Å². The second-order valence-electron chi connectivity index (χ2n) is 24.1. The van der Waals surface area contributed by atoms with Crippen molar-refractivity contribution in [3.63, 3.8) is 0 Å². The lowest BCUT2D eigenvalue weighted by atomic mass is 9.35. The number of rotatable bonds is 5. The molecule has 6 heteroatoms. The molecule has 0 bridgehead atoms. The fraction of sp³-hybridized carbons (Fsp3) is 0.350. The van der Waals surface area contributed by atoms with E-state index in [2.05, 4.69) is 253 Å². The van der Waals surface area contributed by atoms with E-state index in [1.165, 1.54) is 72.7 Å². The third kappa shape index (κ3) is 8.18. The van der Waals surface area contributed by atoms with Crippen LogP contribution in [0.2, 0.25) is 0 Å². The lowest BCUT2D eigenvalue weighted by Gasteiger charge is -2.43. The fourth-order valence-corrected chi connectivity index (χ4v) is 10.8. The van der Waals surface area contributed by atoms with Crippen molar-refractivity contribution in [1.82, 2.24) is 4.98 Å². The van der Waals surface area contributed by atoms with E-state index in [0.29, 0.717) is 0 Å². The van der Waals surface area contributed by atoms with Gasteiger partial charge in [-0.3, -0.25) is 4.90 Å². The van der Waals surface area contributed by atoms with E-state index in [1.807, 2.05) is 0 Å². The van der Waals surface area contributed by atoms with Gasteiger partial charge < -0.3 is 9.80 Å². The summed E-state index contributed by atoms with van der Waals surface area (Å²) in [6.07, 6.45) is 0. The lowest BCUT2D eigenvalue weighted by molar-refractivity contribution is 0.568. The summed E-state index contributed by atoms with van der Waals surface area (Å²) < 4.78 is 0. The number of fused-ring (bicyclic) bond motifs is 4. The first-order valence-corrected chi connectivity index (χ1v) is 24.7. The molecular weight excluding hydrogens is 820 g/mol. The van der Waals surface area contributed by atoms with E-state index in [1.54, 1.807) is 11.3 Å². The molecule has 0 unspecified atom stereocenters. The topological polar surface area (TPSA) is 22.6 Å². The van der Waals surface area contributed by atoms with Crippen LogP contribution in [-0.4, -0.2) is 11.7 Å². The Morgan fingerprint density at radius 2 is 0.879 bits per heavy atom. The summed E-state index contributed by atoms with van der Waals surface area (Å²) in [6.45, 7) is 37.3. The third-order valence-corrected chi connectivity index (χ3v) is 14.7. The second-order valence-corrected chi connectivity index (χ2v) is 25.0. The Morgan fingerprint density at radius 3 is 1.32 bits per heavy atom. The third-order valence-electron chi connectivity index (χ3n) is 13.6. The van der Waals surface area contributed by atoms with Crippen LogP contribution >= 0.6 is 11.3 Å². The van der Waals surface area contributed by atoms with Gasteiger partial charge in [-0.1, -0.05) is 176 Å². The first-order valence-electron chi connectivity index (χ1n) is 23.9. The van der Waals surface area contributed by atoms with E-state index in [0.717, 1.165) is 27.1 Å². The number of aryl methyl sites for hydroxylation is 1. The summed E-state index contributed by atoms with van der Waals surface area (Å²) in [6, 6.07) is 48.4. The van der Waals surface area contributed by atoms with Crippen molar-refractivity contribution in [2.75, 3.05) is 14.7 Å². The highest BCUT2D eigenvalue weighted by molar-refractivity contribution is 7.23. The SMILES string of the molecule is Cc1cc2c3c(c1)N(c1cc(C(C)(C)C)cc(C(C)(C)C)c1)c1sc(N(c4ccccc4)c4ccccc4)nc1B3c1cc(C(C)(C)C)ccc1N2c1cc(C(C)(C)C)cc(C(C)(C)C)c1. The van der Waals surface area contributed by atoms with Crippen LogP contribution in [0.25, 0.3) is 0 Å². The van der Waals surface area contributed by atoms with Crippen LogP contribution < -0.4 is 31.2 Å². The molecule has 338 valence electrons. The van der Waals surface area contributed by atoms with Crippen molar-refractivity contribution < 1.29 is 0 Å². The molecule has 0 radical (unpaired) electrons. The Labute approximate surface area is 400 Å². The van der Waals surface area contributed by atoms with Gasteiger partial charge in [0.1, 0.15) is 5.00 Å². The predicted molar refractivity (Wildman–Crippen MR) is 289 cm³/mol. The van der Waals surface area contributed by atoms with Gasteiger partial charge in [0.2, 0.25) is 0 Å². The normalized spacial score (nSPS) is 14.0. The van der Waals surface area contributed by atoms with Crippen molar-refractivity contribution in [2.24, 2.45) is 0 Å². The molecule has 0 amide bonds. The minimum absolute atomic E-state index is 0.0474. The first-order chi connectivity index (χ1) is 30.8. The first kappa shape index (κ1) is 45.6. The van der Waals surface area contributed by atoms with Crippen LogP contribution in [0.15, 0.2) is 127 Å². The maximum atomic E-state index is 5.94. The molecule has 0 N–H and O–H groups in total. The minimum Gasteiger partial charge on any atom is -0.311 e. The van der Waals surface area contributed by atoms with Gasteiger partial charge in [-0.25, -0.2) is 4.98 Å². The van der Waals surface area contributed by atoms with Gasteiger partial charge in [0.25, 0.3) is 6.71 Å². The van der Waals surface area contributed by atoms with Crippen LogP contribution in [0.4, 0.5) is 49.9 Å². The number of aromatic nitrogens is 1. The molecular formula is C60H69BN4S. The maximum Gasteiger partial charge on any atom is 0.276 e. The van der Waals surface area contributed by atoms with Crippen molar-refractivity contribution in [3.8, 4) is 0 Å². The zero-order chi connectivity index (χ0) is 47.5. The molecule has 2 aliphatic rings. The second kappa shape index (κ2) is 15.8.